The monoisotopic (exact) mass is 305 g/mol. The van der Waals surface area contributed by atoms with Crippen molar-refractivity contribution >= 4 is 23.1 Å². The molecule has 1 fully saturated rings. The molecule has 0 saturated heterocycles. The zero-order chi connectivity index (χ0) is 15.5. The molecule has 1 aliphatic rings. The highest BCUT2D eigenvalue weighted by Gasteiger charge is 2.39. The number of pyridine rings is 1. The first kappa shape index (κ1) is 15.9. The van der Waals surface area contributed by atoms with E-state index in [9.17, 15) is 4.79 Å². The molecule has 0 unspecified atom stereocenters. The summed E-state index contributed by atoms with van der Waals surface area (Å²) in [5.41, 5.74) is 6.85. The SMILES string of the molecule is CCC1CCC(NC(=O)c2ccnc(C)c2)(C(N)=S)CC1. The average Bonchev–Trinajstić information content (AvgIpc) is 2.47. The van der Waals surface area contributed by atoms with Crippen LogP contribution in [-0.4, -0.2) is 21.4 Å². The van der Waals surface area contributed by atoms with Crippen molar-refractivity contribution in [1.82, 2.24) is 10.3 Å². The molecule has 4 nitrogen and oxygen atoms in total. The number of hydrogen-bond acceptors (Lipinski definition) is 3. The minimum absolute atomic E-state index is 0.122. The van der Waals surface area contributed by atoms with Crippen LogP contribution in [-0.2, 0) is 0 Å². The number of nitrogens with two attached hydrogens (primary N) is 1. The summed E-state index contributed by atoms with van der Waals surface area (Å²) in [6.07, 6.45) is 6.59. The van der Waals surface area contributed by atoms with Gasteiger partial charge >= 0.3 is 0 Å². The normalized spacial score (nSPS) is 25.3. The lowest BCUT2D eigenvalue weighted by molar-refractivity contribution is 0.0898. The van der Waals surface area contributed by atoms with Crippen molar-refractivity contribution in [3.8, 4) is 0 Å². The van der Waals surface area contributed by atoms with E-state index < -0.39 is 5.54 Å². The molecule has 1 aliphatic carbocycles. The summed E-state index contributed by atoms with van der Waals surface area (Å²) >= 11 is 5.25. The summed E-state index contributed by atoms with van der Waals surface area (Å²) in [5.74, 6) is 0.593. The second-order valence-corrected chi connectivity index (χ2v) is 6.38. The van der Waals surface area contributed by atoms with E-state index in [4.69, 9.17) is 18.0 Å². The second kappa shape index (κ2) is 6.52. The Kier molecular flexibility index (Phi) is 4.93. The predicted octanol–water partition coefficient (Wildman–Crippen LogP) is 2.74. The van der Waals surface area contributed by atoms with Crippen LogP contribution in [0.25, 0.3) is 0 Å². The number of rotatable bonds is 4. The Morgan fingerprint density at radius 3 is 2.71 bits per heavy atom. The molecule has 21 heavy (non-hydrogen) atoms. The van der Waals surface area contributed by atoms with Gasteiger partial charge in [0.25, 0.3) is 5.91 Å². The van der Waals surface area contributed by atoms with E-state index in [1.54, 1.807) is 18.3 Å². The summed E-state index contributed by atoms with van der Waals surface area (Å²) in [6.45, 7) is 4.07. The molecule has 1 saturated carbocycles. The summed E-state index contributed by atoms with van der Waals surface area (Å²) < 4.78 is 0. The quantitative estimate of drug-likeness (QED) is 0.839. The third-order valence-corrected chi connectivity index (χ3v) is 4.91. The Morgan fingerprint density at radius 2 is 2.19 bits per heavy atom. The van der Waals surface area contributed by atoms with Crippen LogP contribution in [0, 0.1) is 12.8 Å². The standard InChI is InChI=1S/C16H23N3OS/c1-3-12-4-7-16(8-5-12,15(17)21)19-14(20)13-6-9-18-11(2)10-13/h6,9-10,12H,3-5,7-8H2,1-2H3,(H2,17,21)(H,19,20). The van der Waals surface area contributed by atoms with Gasteiger partial charge in [-0.3, -0.25) is 9.78 Å². The molecule has 0 aromatic carbocycles. The third-order valence-electron chi connectivity index (χ3n) is 4.52. The fourth-order valence-corrected chi connectivity index (χ4v) is 3.24. The number of aryl methyl sites for hydroxylation is 1. The van der Waals surface area contributed by atoms with E-state index in [-0.39, 0.29) is 5.91 Å². The van der Waals surface area contributed by atoms with Gasteiger partial charge in [-0.1, -0.05) is 25.6 Å². The maximum atomic E-state index is 12.5. The van der Waals surface area contributed by atoms with Crippen molar-refractivity contribution in [2.75, 3.05) is 0 Å². The number of carbonyl (C=O) groups is 1. The Balaban J connectivity index is 2.14. The molecule has 1 aromatic rings. The largest absolute Gasteiger partial charge is 0.391 e. The Labute approximate surface area is 131 Å². The topological polar surface area (TPSA) is 68.0 Å². The van der Waals surface area contributed by atoms with Crippen LogP contribution in [0.3, 0.4) is 0 Å². The zero-order valence-electron chi connectivity index (χ0n) is 12.7. The first-order chi connectivity index (χ1) is 9.97. The fraction of sp³-hybridized carbons (Fsp3) is 0.562. The second-order valence-electron chi connectivity index (χ2n) is 5.94. The van der Waals surface area contributed by atoms with Gasteiger partial charge in [0.05, 0.1) is 10.5 Å². The van der Waals surface area contributed by atoms with Crippen molar-refractivity contribution in [2.24, 2.45) is 11.7 Å². The Hall–Kier alpha value is -1.49. The minimum Gasteiger partial charge on any atom is -0.391 e. The molecule has 0 bridgehead atoms. The number of carbonyl (C=O) groups excluding carboxylic acids is 1. The van der Waals surface area contributed by atoms with Crippen LogP contribution < -0.4 is 11.1 Å². The van der Waals surface area contributed by atoms with E-state index in [1.807, 2.05) is 6.92 Å². The third kappa shape index (κ3) is 3.59. The zero-order valence-corrected chi connectivity index (χ0v) is 13.5. The van der Waals surface area contributed by atoms with Crippen LogP contribution in [0.15, 0.2) is 18.3 Å². The average molecular weight is 305 g/mol. The van der Waals surface area contributed by atoms with Gasteiger partial charge in [-0.15, -0.1) is 0 Å². The fourth-order valence-electron chi connectivity index (χ4n) is 2.99. The van der Waals surface area contributed by atoms with Gasteiger partial charge in [0, 0.05) is 17.5 Å². The molecular weight excluding hydrogens is 282 g/mol. The smallest absolute Gasteiger partial charge is 0.252 e. The van der Waals surface area contributed by atoms with Crippen molar-refractivity contribution in [1.29, 1.82) is 0 Å². The molecular formula is C16H23N3OS. The maximum absolute atomic E-state index is 12.5. The molecule has 114 valence electrons. The van der Waals surface area contributed by atoms with Crippen LogP contribution in [0.1, 0.15) is 55.1 Å². The number of nitrogens with zero attached hydrogens (tertiary/aromatic N) is 1. The van der Waals surface area contributed by atoms with Crippen LogP contribution in [0.5, 0.6) is 0 Å². The van der Waals surface area contributed by atoms with Crippen LogP contribution in [0.2, 0.25) is 0 Å². The number of hydrogen-bond donors (Lipinski definition) is 2. The van der Waals surface area contributed by atoms with E-state index in [2.05, 4.69) is 17.2 Å². The molecule has 0 atom stereocenters. The molecule has 1 aromatic heterocycles. The lowest BCUT2D eigenvalue weighted by Crippen LogP contribution is -2.58. The molecule has 0 aliphatic heterocycles. The number of aromatic nitrogens is 1. The van der Waals surface area contributed by atoms with Crippen LogP contribution in [0.4, 0.5) is 0 Å². The highest BCUT2D eigenvalue weighted by atomic mass is 32.1. The summed E-state index contributed by atoms with van der Waals surface area (Å²) in [5, 5.41) is 3.09. The van der Waals surface area contributed by atoms with E-state index >= 15 is 0 Å². The van der Waals surface area contributed by atoms with Crippen molar-refractivity contribution in [3.63, 3.8) is 0 Å². The van der Waals surface area contributed by atoms with Gasteiger partial charge in [-0.25, -0.2) is 0 Å². The number of thiocarbonyl (C=S) groups is 1. The van der Waals surface area contributed by atoms with Gasteiger partial charge in [0.2, 0.25) is 0 Å². The van der Waals surface area contributed by atoms with Crippen LogP contribution >= 0.6 is 12.2 Å². The maximum Gasteiger partial charge on any atom is 0.252 e. The van der Waals surface area contributed by atoms with Gasteiger partial charge in [0.1, 0.15) is 0 Å². The van der Waals surface area contributed by atoms with Gasteiger partial charge in [0.15, 0.2) is 0 Å². The first-order valence-corrected chi connectivity index (χ1v) is 7.93. The summed E-state index contributed by atoms with van der Waals surface area (Å²) in [6, 6.07) is 3.49. The van der Waals surface area contributed by atoms with E-state index in [0.717, 1.165) is 31.4 Å². The molecule has 2 rings (SSSR count). The molecule has 0 radical (unpaired) electrons. The van der Waals surface area contributed by atoms with E-state index in [1.165, 1.54) is 6.42 Å². The lowest BCUT2D eigenvalue weighted by atomic mass is 9.75. The molecule has 5 heteroatoms. The first-order valence-electron chi connectivity index (χ1n) is 7.52. The van der Waals surface area contributed by atoms with Gasteiger partial charge < -0.3 is 11.1 Å². The molecule has 3 N–H and O–H groups in total. The lowest BCUT2D eigenvalue weighted by Gasteiger charge is -2.40. The minimum atomic E-state index is -0.532. The molecule has 1 amide bonds. The van der Waals surface area contributed by atoms with E-state index in [0.29, 0.717) is 16.5 Å². The van der Waals surface area contributed by atoms with Gasteiger partial charge in [-0.05, 0) is 50.7 Å². The number of nitrogens with one attached hydrogen (secondary N) is 1. The Bertz CT molecular complexity index is 536. The summed E-state index contributed by atoms with van der Waals surface area (Å²) in [4.78, 5) is 17.0. The van der Waals surface area contributed by atoms with Crippen molar-refractivity contribution in [3.05, 3.63) is 29.6 Å². The van der Waals surface area contributed by atoms with Crippen molar-refractivity contribution in [2.45, 2.75) is 51.5 Å². The molecule has 1 heterocycles. The molecule has 0 spiro atoms. The Morgan fingerprint density at radius 1 is 1.52 bits per heavy atom. The predicted molar refractivity (Wildman–Crippen MR) is 88.2 cm³/mol. The van der Waals surface area contributed by atoms with Crippen molar-refractivity contribution < 1.29 is 4.79 Å². The number of amides is 1. The summed E-state index contributed by atoms with van der Waals surface area (Å²) in [7, 11) is 0. The highest BCUT2D eigenvalue weighted by Crippen LogP contribution is 2.34. The highest BCUT2D eigenvalue weighted by molar-refractivity contribution is 7.80. The van der Waals surface area contributed by atoms with Gasteiger partial charge in [-0.2, -0.15) is 0 Å².